The van der Waals surface area contributed by atoms with Crippen molar-refractivity contribution in [3.63, 3.8) is 0 Å². The third-order valence-corrected chi connectivity index (χ3v) is 4.13. The number of carbonyl (C=O) groups excluding carboxylic acids is 1. The third kappa shape index (κ3) is 4.36. The number of nitrogens with one attached hydrogen (secondary N) is 1. The van der Waals surface area contributed by atoms with Gasteiger partial charge in [0.1, 0.15) is 5.69 Å². The van der Waals surface area contributed by atoms with E-state index in [-0.39, 0.29) is 12.5 Å². The normalized spacial score (nSPS) is 10.0. The van der Waals surface area contributed by atoms with Crippen molar-refractivity contribution < 1.29 is 4.79 Å². The van der Waals surface area contributed by atoms with E-state index in [1.165, 1.54) is 0 Å². The molecule has 0 aliphatic carbocycles. The van der Waals surface area contributed by atoms with E-state index in [1.807, 2.05) is 73.6 Å². The van der Waals surface area contributed by atoms with Crippen LogP contribution in [0, 0.1) is 11.8 Å². The average molecular weight is 358 g/mol. The molecule has 3 aromatic rings. The number of aryl methyl sites for hydroxylation is 1. The SMILES string of the molecule is CN(C)c1ccccc1C#CCNC(=O)c1cc(-c2ccccc2)nn1C. The van der Waals surface area contributed by atoms with Crippen LogP contribution in [0.3, 0.4) is 0 Å². The van der Waals surface area contributed by atoms with Crippen molar-refractivity contribution in [1.82, 2.24) is 15.1 Å². The molecule has 0 aliphatic rings. The summed E-state index contributed by atoms with van der Waals surface area (Å²) in [5.74, 6) is 5.94. The molecule has 0 fully saturated rings. The zero-order valence-corrected chi connectivity index (χ0v) is 15.7. The predicted octanol–water partition coefficient (Wildman–Crippen LogP) is 2.93. The highest BCUT2D eigenvalue weighted by Crippen LogP contribution is 2.18. The predicted molar refractivity (Wildman–Crippen MR) is 109 cm³/mol. The van der Waals surface area contributed by atoms with Gasteiger partial charge >= 0.3 is 0 Å². The maximum absolute atomic E-state index is 12.4. The Bertz CT molecular complexity index is 994. The average Bonchev–Trinajstić information content (AvgIpc) is 3.08. The standard InChI is InChI=1S/C22H22N4O/c1-25(2)20-14-8-7-12-18(20)13-9-15-23-22(27)21-16-19(24-26(21)3)17-10-5-4-6-11-17/h4-8,10-12,14,16H,15H2,1-3H3,(H,23,27). The van der Waals surface area contributed by atoms with Crippen LogP contribution < -0.4 is 10.2 Å². The molecule has 1 aromatic heterocycles. The van der Waals surface area contributed by atoms with E-state index >= 15 is 0 Å². The highest BCUT2D eigenvalue weighted by atomic mass is 16.2. The van der Waals surface area contributed by atoms with Gasteiger partial charge in [0.05, 0.1) is 17.9 Å². The van der Waals surface area contributed by atoms with Gasteiger partial charge in [-0.1, -0.05) is 54.3 Å². The highest BCUT2D eigenvalue weighted by Gasteiger charge is 2.13. The first-order chi connectivity index (χ1) is 13.1. The van der Waals surface area contributed by atoms with Crippen molar-refractivity contribution in [1.29, 1.82) is 0 Å². The molecule has 0 spiro atoms. The van der Waals surface area contributed by atoms with Crippen LogP contribution in [0.2, 0.25) is 0 Å². The minimum absolute atomic E-state index is 0.192. The molecule has 1 heterocycles. The number of para-hydroxylation sites is 1. The molecule has 136 valence electrons. The number of hydrogen-bond donors (Lipinski definition) is 1. The second-order valence-electron chi connectivity index (χ2n) is 6.30. The van der Waals surface area contributed by atoms with E-state index in [0.717, 1.165) is 22.5 Å². The minimum Gasteiger partial charge on any atom is -0.377 e. The highest BCUT2D eigenvalue weighted by molar-refractivity contribution is 5.93. The van der Waals surface area contributed by atoms with Gasteiger partial charge in [-0.05, 0) is 18.2 Å². The Labute approximate surface area is 159 Å². The Morgan fingerprint density at radius 1 is 1.11 bits per heavy atom. The number of carbonyl (C=O) groups is 1. The van der Waals surface area contributed by atoms with Crippen molar-refractivity contribution in [3.8, 4) is 23.1 Å². The number of benzene rings is 2. The number of aromatic nitrogens is 2. The van der Waals surface area contributed by atoms with Gasteiger partial charge in [-0.15, -0.1) is 0 Å². The molecule has 0 aliphatic heterocycles. The molecule has 3 rings (SSSR count). The lowest BCUT2D eigenvalue weighted by Crippen LogP contribution is -2.25. The molecule has 0 saturated carbocycles. The Balaban J connectivity index is 1.67. The van der Waals surface area contributed by atoms with E-state index < -0.39 is 0 Å². The van der Waals surface area contributed by atoms with Crippen molar-refractivity contribution in [2.75, 3.05) is 25.5 Å². The summed E-state index contributed by atoms with van der Waals surface area (Å²) in [7, 11) is 5.73. The smallest absolute Gasteiger partial charge is 0.270 e. The topological polar surface area (TPSA) is 50.2 Å². The van der Waals surface area contributed by atoms with Gasteiger partial charge in [-0.3, -0.25) is 9.48 Å². The maximum atomic E-state index is 12.4. The first-order valence-corrected chi connectivity index (χ1v) is 8.69. The zero-order chi connectivity index (χ0) is 19.2. The first kappa shape index (κ1) is 18.3. The quantitative estimate of drug-likeness (QED) is 0.730. The van der Waals surface area contributed by atoms with Crippen LogP contribution in [0.4, 0.5) is 5.69 Å². The van der Waals surface area contributed by atoms with Crippen LogP contribution in [0.5, 0.6) is 0 Å². The van der Waals surface area contributed by atoms with Crippen molar-refractivity contribution >= 4 is 11.6 Å². The molecule has 0 saturated heterocycles. The fourth-order valence-corrected chi connectivity index (χ4v) is 2.75. The summed E-state index contributed by atoms with van der Waals surface area (Å²) in [4.78, 5) is 14.5. The number of hydrogen-bond acceptors (Lipinski definition) is 3. The lowest BCUT2D eigenvalue weighted by Gasteiger charge is -2.13. The molecule has 0 unspecified atom stereocenters. The summed E-state index contributed by atoms with van der Waals surface area (Å²) < 4.78 is 1.59. The first-order valence-electron chi connectivity index (χ1n) is 8.69. The number of amides is 1. The molecule has 0 radical (unpaired) electrons. The summed E-state index contributed by atoms with van der Waals surface area (Å²) in [5, 5.41) is 7.26. The van der Waals surface area contributed by atoms with Crippen molar-refractivity contribution in [2.45, 2.75) is 0 Å². The van der Waals surface area contributed by atoms with Gasteiger partial charge in [0.25, 0.3) is 5.91 Å². The molecule has 0 bridgehead atoms. The Morgan fingerprint density at radius 2 is 1.81 bits per heavy atom. The van der Waals surface area contributed by atoms with Crippen molar-refractivity contribution in [2.24, 2.45) is 7.05 Å². The van der Waals surface area contributed by atoms with Gasteiger partial charge in [0, 0.05) is 32.3 Å². The molecule has 1 N–H and O–H groups in total. The van der Waals surface area contributed by atoms with E-state index in [4.69, 9.17) is 0 Å². The second-order valence-corrected chi connectivity index (χ2v) is 6.30. The zero-order valence-electron chi connectivity index (χ0n) is 15.7. The Hall–Kier alpha value is -3.52. The number of nitrogens with zero attached hydrogens (tertiary/aromatic N) is 3. The van der Waals surface area contributed by atoms with Crippen LogP contribution >= 0.6 is 0 Å². The summed E-state index contributed by atoms with van der Waals surface area (Å²) in [6.07, 6.45) is 0. The van der Waals surface area contributed by atoms with E-state index in [9.17, 15) is 4.79 Å². The lowest BCUT2D eigenvalue weighted by molar-refractivity contribution is 0.0949. The van der Waals surface area contributed by atoms with Crippen LogP contribution in [0.25, 0.3) is 11.3 Å². The molecule has 1 amide bonds. The van der Waals surface area contributed by atoms with Gasteiger partial charge < -0.3 is 10.2 Å². The number of anilines is 1. The Kier molecular flexibility index (Phi) is 5.58. The fraction of sp³-hybridized carbons (Fsp3) is 0.182. The van der Waals surface area contributed by atoms with Crippen molar-refractivity contribution in [3.05, 3.63) is 71.9 Å². The lowest BCUT2D eigenvalue weighted by atomic mass is 10.1. The molecule has 5 nitrogen and oxygen atoms in total. The van der Waals surface area contributed by atoms with E-state index in [1.54, 1.807) is 17.8 Å². The molecule has 2 aromatic carbocycles. The largest absolute Gasteiger partial charge is 0.377 e. The monoisotopic (exact) mass is 358 g/mol. The summed E-state index contributed by atoms with van der Waals surface area (Å²) in [5.41, 5.74) is 4.24. The molecular weight excluding hydrogens is 336 g/mol. The molecular formula is C22H22N4O. The number of rotatable bonds is 4. The minimum atomic E-state index is -0.192. The van der Waals surface area contributed by atoms with Gasteiger partial charge in [-0.2, -0.15) is 5.10 Å². The van der Waals surface area contributed by atoms with Crippen LogP contribution in [0.1, 0.15) is 16.1 Å². The van der Waals surface area contributed by atoms with Gasteiger partial charge in [0.15, 0.2) is 0 Å². The fourth-order valence-electron chi connectivity index (χ4n) is 2.75. The molecule has 27 heavy (non-hydrogen) atoms. The Morgan fingerprint density at radius 3 is 2.56 bits per heavy atom. The second kappa shape index (κ2) is 8.24. The van der Waals surface area contributed by atoms with Gasteiger partial charge in [-0.25, -0.2) is 0 Å². The molecule has 5 heteroatoms. The third-order valence-electron chi connectivity index (χ3n) is 4.13. The van der Waals surface area contributed by atoms with Crippen LogP contribution in [-0.4, -0.2) is 36.3 Å². The summed E-state index contributed by atoms with van der Waals surface area (Å²) in [6, 6.07) is 19.5. The van der Waals surface area contributed by atoms with Gasteiger partial charge in [0.2, 0.25) is 0 Å². The summed E-state index contributed by atoms with van der Waals surface area (Å²) >= 11 is 0. The molecule has 0 atom stereocenters. The van der Waals surface area contributed by atoms with E-state index in [0.29, 0.717) is 5.69 Å². The van der Waals surface area contributed by atoms with E-state index in [2.05, 4.69) is 22.3 Å². The van der Waals surface area contributed by atoms with Crippen LogP contribution in [-0.2, 0) is 7.05 Å². The maximum Gasteiger partial charge on any atom is 0.270 e. The summed E-state index contributed by atoms with van der Waals surface area (Å²) in [6.45, 7) is 0.270. The van der Waals surface area contributed by atoms with Crippen LogP contribution in [0.15, 0.2) is 60.7 Å².